The molecule has 0 aromatic rings. The lowest BCUT2D eigenvalue weighted by molar-refractivity contribution is -0.124. The van der Waals surface area contributed by atoms with Crippen molar-refractivity contribution in [1.82, 2.24) is 5.32 Å². The van der Waals surface area contributed by atoms with Crippen LogP contribution in [-0.2, 0) is 4.79 Å². The third-order valence-corrected chi connectivity index (χ3v) is 4.32. The van der Waals surface area contributed by atoms with Crippen LogP contribution in [0.15, 0.2) is 0 Å². The van der Waals surface area contributed by atoms with Crippen molar-refractivity contribution in [2.75, 3.05) is 0 Å². The molecule has 17 heavy (non-hydrogen) atoms. The predicted octanol–water partition coefficient (Wildman–Crippen LogP) is 2.54. The van der Waals surface area contributed by atoms with Crippen LogP contribution in [0.4, 0.5) is 0 Å². The van der Waals surface area contributed by atoms with E-state index >= 15 is 0 Å². The molecule has 0 fully saturated rings. The fourth-order valence-electron chi connectivity index (χ4n) is 1.98. The molecule has 3 N–H and O–H groups in total. The summed E-state index contributed by atoms with van der Waals surface area (Å²) in [5, 5.41) is 4.34. The van der Waals surface area contributed by atoms with Gasteiger partial charge in [-0.15, -0.1) is 0 Å². The second kappa shape index (κ2) is 7.27. The molecular weight excluding hydrogens is 232 g/mol. The average Bonchev–Trinajstić information content (AvgIpc) is 2.15. The summed E-state index contributed by atoms with van der Waals surface area (Å²) in [4.78, 5) is 11.6. The number of amides is 1. The quantitative estimate of drug-likeness (QED) is 0.705. The minimum absolute atomic E-state index is 0.258. The van der Waals surface area contributed by atoms with Gasteiger partial charge in [0.1, 0.15) is 0 Å². The Morgan fingerprint density at radius 1 is 1.29 bits per heavy atom. The summed E-state index contributed by atoms with van der Waals surface area (Å²) in [6, 6.07) is 0.258. The lowest BCUT2D eigenvalue weighted by atomic mass is 9.94. The lowest BCUT2D eigenvalue weighted by Gasteiger charge is -2.32. The Labute approximate surface area is 110 Å². The molecule has 3 nitrogen and oxygen atoms in total. The van der Waals surface area contributed by atoms with E-state index in [2.05, 4.69) is 26.1 Å². The first-order valence-electron chi connectivity index (χ1n) is 6.44. The van der Waals surface area contributed by atoms with Crippen molar-refractivity contribution in [3.05, 3.63) is 0 Å². The van der Waals surface area contributed by atoms with Gasteiger partial charge in [-0.05, 0) is 33.6 Å². The first kappa shape index (κ1) is 16.8. The smallest absolute Gasteiger partial charge is 0.237 e. The number of carbonyl (C=O) groups is 1. The standard InChI is InChI=1S/C13H28N2OS/c1-7-10(4)17-11(5)8-13(6,12(14)16)15-9(2)3/h9-11,15H,7-8H2,1-6H3,(H2,14,16). The largest absolute Gasteiger partial charge is 0.368 e. The molecule has 0 saturated carbocycles. The molecule has 0 saturated heterocycles. The number of rotatable bonds is 8. The van der Waals surface area contributed by atoms with Crippen molar-refractivity contribution >= 4 is 17.7 Å². The van der Waals surface area contributed by atoms with Crippen molar-refractivity contribution < 1.29 is 4.79 Å². The van der Waals surface area contributed by atoms with Crippen LogP contribution in [0.5, 0.6) is 0 Å². The van der Waals surface area contributed by atoms with Gasteiger partial charge in [0.2, 0.25) is 5.91 Å². The number of primary amides is 1. The lowest BCUT2D eigenvalue weighted by Crippen LogP contribution is -2.56. The first-order valence-corrected chi connectivity index (χ1v) is 7.38. The van der Waals surface area contributed by atoms with E-state index in [4.69, 9.17) is 5.73 Å². The van der Waals surface area contributed by atoms with Crippen molar-refractivity contribution in [2.45, 2.75) is 76.5 Å². The highest BCUT2D eigenvalue weighted by Crippen LogP contribution is 2.27. The van der Waals surface area contributed by atoms with Gasteiger partial charge in [0.05, 0.1) is 5.54 Å². The van der Waals surface area contributed by atoms with Crippen LogP contribution in [0.25, 0.3) is 0 Å². The van der Waals surface area contributed by atoms with E-state index in [0.29, 0.717) is 10.5 Å². The van der Waals surface area contributed by atoms with Crippen LogP contribution in [0.1, 0.15) is 54.4 Å². The summed E-state index contributed by atoms with van der Waals surface area (Å²) in [7, 11) is 0. The number of hydrogen-bond donors (Lipinski definition) is 2. The molecule has 0 aliphatic carbocycles. The molecule has 0 bridgehead atoms. The van der Waals surface area contributed by atoms with E-state index in [9.17, 15) is 4.79 Å². The Morgan fingerprint density at radius 2 is 1.82 bits per heavy atom. The van der Waals surface area contributed by atoms with Gasteiger partial charge in [-0.25, -0.2) is 0 Å². The Bertz CT molecular complexity index is 246. The highest BCUT2D eigenvalue weighted by molar-refractivity contribution is 8.00. The zero-order valence-corrected chi connectivity index (χ0v) is 12.9. The molecule has 102 valence electrons. The van der Waals surface area contributed by atoms with Crippen LogP contribution < -0.4 is 11.1 Å². The minimum atomic E-state index is -0.603. The third-order valence-electron chi connectivity index (χ3n) is 2.89. The third kappa shape index (κ3) is 6.32. The highest BCUT2D eigenvalue weighted by Gasteiger charge is 2.33. The van der Waals surface area contributed by atoms with Crippen molar-refractivity contribution in [1.29, 1.82) is 0 Å². The van der Waals surface area contributed by atoms with Gasteiger partial charge < -0.3 is 11.1 Å². The Hall–Kier alpha value is -0.220. The monoisotopic (exact) mass is 260 g/mol. The van der Waals surface area contributed by atoms with E-state index in [1.165, 1.54) is 0 Å². The molecule has 0 spiro atoms. The maximum absolute atomic E-state index is 11.6. The maximum atomic E-state index is 11.6. The molecular formula is C13H28N2OS. The highest BCUT2D eigenvalue weighted by atomic mass is 32.2. The minimum Gasteiger partial charge on any atom is -0.368 e. The Morgan fingerprint density at radius 3 is 2.18 bits per heavy atom. The van der Waals surface area contributed by atoms with Gasteiger partial charge in [-0.1, -0.05) is 20.8 Å². The average molecular weight is 260 g/mol. The molecule has 3 unspecified atom stereocenters. The van der Waals surface area contributed by atoms with E-state index < -0.39 is 5.54 Å². The SMILES string of the molecule is CCC(C)SC(C)CC(C)(NC(C)C)C(N)=O. The van der Waals surface area contributed by atoms with Crippen LogP contribution >= 0.6 is 11.8 Å². The van der Waals surface area contributed by atoms with Crippen LogP contribution in [-0.4, -0.2) is 28.0 Å². The summed E-state index contributed by atoms with van der Waals surface area (Å²) in [5.74, 6) is -0.261. The fraction of sp³-hybridized carbons (Fsp3) is 0.923. The summed E-state index contributed by atoms with van der Waals surface area (Å²) in [6.45, 7) is 12.5. The number of hydrogen-bond acceptors (Lipinski definition) is 3. The van der Waals surface area contributed by atoms with E-state index in [-0.39, 0.29) is 11.9 Å². The molecule has 0 aliphatic heterocycles. The van der Waals surface area contributed by atoms with Gasteiger partial charge in [0.25, 0.3) is 0 Å². The second-order valence-electron chi connectivity index (χ2n) is 5.37. The zero-order valence-electron chi connectivity index (χ0n) is 12.0. The van der Waals surface area contributed by atoms with E-state index in [0.717, 1.165) is 12.8 Å². The topological polar surface area (TPSA) is 55.1 Å². The molecule has 0 heterocycles. The normalized spacial score (nSPS) is 18.8. The summed E-state index contributed by atoms with van der Waals surface area (Å²) in [5.41, 5.74) is 4.92. The molecule has 0 aliphatic rings. The van der Waals surface area contributed by atoms with Gasteiger partial charge in [-0.2, -0.15) is 11.8 Å². The van der Waals surface area contributed by atoms with E-state index in [1.54, 1.807) is 0 Å². The number of carbonyl (C=O) groups excluding carboxylic acids is 1. The number of nitrogens with two attached hydrogens (primary N) is 1. The second-order valence-corrected chi connectivity index (χ2v) is 7.25. The van der Waals surface area contributed by atoms with Crippen LogP contribution in [0.2, 0.25) is 0 Å². The molecule has 0 aromatic carbocycles. The van der Waals surface area contributed by atoms with Gasteiger partial charge in [0, 0.05) is 16.5 Å². The summed E-state index contributed by atoms with van der Waals surface area (Å²) >= 11 is 1.92. The van der Waals surface area contributed by atoms with Gasteiger partial charge in [0.15, 0.2) is 0 Å². The Balaban J connectivity index is 4.49. The zero-order chi connectivity index (χ0) is 13.6. The van der Waals surface area contributed by atoms with E-state index in [1.807, 2.05) is 32.5 Å². The van der Waals surface area contributed by atoms with Crippen LogP contribution in [0, 0.1) is 0 Å². The number of thioether (sulfide) groups is 1. The first-order chi connectivity index (χ1) is 7.71. The summed E-state index contributed by atoms with van der Waals surface area (Å²) in [6.07, 6.45) is 1.93. The van der Waals surface area contributed by atoms with Gasteiger partial charge in [-0.3, -0.25) is 4.79 Å². The fourth-order valence-corrected chi connectivity index (χ4v) is 3.40. The van der Waals surface area contributed by atoms with Crippen molar-refractivity contribution in [3.8, 4) is 0 Å². The Kier molecular flexibility index (Phi) is 7.17. The molecule has 0 radical (unpaired) electrons. The van der Waals surface area contributed by atoms with Crippen molar-refractivity contribution in [2.24, 2.45) is 5.73 Å². The van der Waals surface area contributed by atoms with Gasteiger partial charge >= 0.3 is 0 Å². The molecule has 4 heteroatoms. The summed E-state index contributed by atoms with van der Waals surface area (Å²) < 4.78 is 0. The maximum Gasteiger partial charge on any atom is 0.237 e. The predicted molar refractivity (Wildman–Crippen MR) is 77.3 cm³/mol. The molecule has 0 aromatic heterocycles. The van der Waals surface area contributed by atoms with Crippen molar-refractivity contribution in [3.63, 3.8) is 0 Å². The molecule has 1 amide bonds. The number of nitrogens with one attached hydrogen (secondary N) is 1. The van der Waals surface area contributed by atoms with Crippen LogP contribution in [0.3, 0.4) is 0 Å². The molecule has 3 atom stereocenters. The molecule has 0 rings (SSSR count).